The van der Waals surface area contributed by atoms with Crippen molar-refractivity contribution < 1.29 is 13.9 Å². The van der Waals surface area contributed by atoms with Gasteiger partial charge < -0.3 is 10.1 Å². The maximum Gasteiger partial charge on any atom is 0.234 e. The molecule has 2 atom stereocenters. The number of hydrogen-bond acceptors (Lipinski definition) is 3. The van der Waals surface area contributed by atoms with Gasteiger partial charge in [-0.2, -0.15) is 0 Å². The average Bonchev–Trinajstić information content (AvgIpc) is 2.75. The molecule has 0 saturated carbocycles. The predicted octanol–water partition coefficient (Wildman–Crippen LogP) is 2.67. The fraction of sp³-hybridized carbons (Fsp3) is 0.462. The Labute approximate surface area is 110 Å². The summed E-state index contributed by atoms with van der Waals surface area (Å²) in [5.74, 6) is -0.259. The number of carbonyl (C=O) groups excluding carboxylic acids is 1. The maximum atomic E-state index is 13.3. The molecule has 1 aromatic rings. The van der Waals surface area contributed by atoms with Gasteiger partial charge >= 0.3 is 0 Å². The highest BCUT2D eigenvalue weighted by Gasteiger charge is 2.25. The first-order valence-corrected chi connectivity index (χ1v) is 6.99. The van der Waals surface area contributed by atoms with E-state index in [9.17, 15) is 9.18 Å². The highest BCUT2D eigenvalue weighted by Crippen LogP contribution is 2.26. The molecule has 0 aromatic heterocycles. The Morgan fingerprint density at radius 2 is 2.33 bits per heavy atom. The molecule has 18 heavy (non-hydrogen) atoms. The highest BCUT2D eigenvalue weighted by atomic mass is 32.2. The number of rotatable bonds is 4. The van der Waals surface area contributed by atoms with Crippen molar-refractivity contribution in [2.24, 2.45) is 0 Å². The number of halogens is 1. The van der Waals surface area contributed by atoms with Crippen LogP contribution in [-0.2, 0) is 9.53 Å². The van der Waals surface area contributed by atoms with Crippen LogP contribution in [0.5, 0.6) is 0 Å². The lowest BCUT2D eigenvalue weighted by Crippen LogP contribution is -2.20. The van der Waals surface area contributed by atoms with E-state index >= 15 is 0 Å². The molecule has 0 unspecified atom stereocenters. The number of benzene rings is 1. The van der Waals surface area contributed by atoms with Crippen molar-refractivity contribution in [1.82, 2.24) is 0 Å². The zero-order valence-corrected chi connectivity index (χ0v) is 11.0. The van der Waals surface area contributed by atoms with Crippen molar-refractivity contribution in [2.75, 3.05) is 17.7 Å². The van der Waals surface area contributed by atoms with Crippen molar-refractivity contribution in [1.29, 1.82) is 0 Å². The molecular weight excluding hydrogens is 253 g/mol. The van der Waals surface area contributed by atoms with Crippen LogP contribution in [0.15, 0.2) is 24.3 Å². The summed E-state index contributed by atoms with van der Waals surface area (Å²) in [5.41, 5.74) is 0.235. The molecule has 5 heteroatoms. The fourth-order valence-electron chi connectivity index (χ4n) is 1.86. The Morgan fingerprint density at radius 1 is 1.56 bits per heavy atom. The Morgan fingerprint density at radius 3 is 3.00 bits per heavy atom. The van der Waals surface area contributed by atoms with Crippen molar-refractivity contribution in [3.8, 4) is 0 Å². The summed E-state index contributed by atoms with van der Waals surface area (Å²) in [6, 6.07) is 6.17. The third-order valence-electron chi connectivity index (χ3n) is 2.88. The topological polar surface area (TPSA) is 38.3 Å². The molecule has 3 nitrogen and oxygen atoms in total. The fourth-order valence-corrected chi connectivity index (χ4v) is 2.91. The molecule has 1 heterocycles. The van der Waals surface area contributed by atoms with E-state index in [0.29, 0.717) is 11.0 Å². The van der Waals surface area contributed by atoms with Gasteiger partial charge in [0, 0.05) is 11.9 Å². The highest BCUT2D eigenvalue weighted by molar-refractivity contribution is 8.00. The lowest BCUT2D eigenvalue weighted by atomic mass is 10.3. The molecule has 1 amide bonds. The van der Waals surface area contributed by atoms with E-state index in [-0.39, 0.29) is 17.7 Å². The second kappa shape index (κ2) is 6.20. The predicted molar refractivity (Wildman–Crippen MR) is 71.3 cm³/mol. The summed E-state index contributed by atoms with van der Waals surface area (Å²) in [6.45, 7) is 2.77. The van der Waals surface area contributed by atoms with Gasteiger partial charge in [-0.25, -0.2) is 4.39 Å². The van der Waals surface area contributed by atoms with Crippen LogP contribution in [0.1, 0.15) is 13.3 Å². The van der Waals surface area contributed by atoms with E-state index in [1.165, 1.54) is 6.07 Å². The minimum absolute atomic E-state index is 0.177. The minimum Gasteiger partial charge on any atom is -0.377 e. The van der Waals surface area contributed by atoms with E-state index < -0.39 is 5.82 Å². The molecule has 1 saturated heterocycles. The third kappa shape index (κ3) is 3.46. The molecule has 1 aliphatic rings. The normalized spacial score (nSPS) is 23.0. The summed E-state index contributed by atoms with van der Waals surface area (Å²) >= 11 is 1.57. The molecular formula is C13H16FNO2S. The van der Waals surface area contributed by atoms with Gasteiger partial charge in [-0.3, -0.25) is 4.79 Å². The van der Waals surface area contributed by atoms with E-state index in [1.807, 2.05) is 6.92 Å². The van der Waals surface area contributed by atoms with Gasteiger partial charge in [-0.15, -0.1) is 11.8 Å². The number of amides is 1. The van der Waals surface area contributed by atoms with Crippen molar-refractivity contribution in [2.45, 2.75) is 24.7 Å². The molecule has 0 bridgehead atoms. The summed E-state index contributed by atoms with van der Waals surface area (Å²) in [6.07, 6.45) is 1.16. The Kier molecular flexibility index (Phi) is 4.60. The van der Waals surface area contributed by atoms with Crippen LogP contribution in [0.4, 0.5) is 10.1 Å². The SMILES string of the molecule is C[C@H]1OCC[C@@H]1SCC(=O)Nc1ccccc1F. The number of carbonyl (C=O) groups is 1. The van der Waals surface area contributed by atoms with E-state index in [0.717, 1.165) is 13.0 Å². The van der Waals surface area contributed by atoms with Gasteiger partial charge in [0.2, 0.25) is 5.91 Å². The first kappa shape index (κ1) is 13.4. The minimum atomic E-state index is -0.409. The Balaban J connectivity index is 1.80. The lowest BCUT2D eigenvalue weighted by Gasteiger charge is -2.13. The van der Waals surface area contributed by atoms with E-state index in [4.69, 9.17) is 4.74 Å². The number of para-hydroxylation sites is 1. The third-order valence-corrected chi connectivity index (χ3v) is 4.36. The molecule has 0 aliphatic carbocycles. The number of hydrogen-bond donors (Lipinski definition) is 1. The van der Waals surface area contributed by atoms with Gasteiger partial charge in [0.15, 0.2) is 0 Å². The lowest BCUT2D eigenvalue weighted by molar-refractivity contribution is -0.113. The average molecular weight is 269 g/mol. The zero-order valence-electron chi connectivity index (χ0n) is 10.2. The van der Waals surface area contributed by atoms with Gasteiger partial charge in [-0.05, 0) is 25.5 Å². The first-order valence-electron chi connectivity index (χ1n) is 5.94. The molecule has 1 aliphatic heterocycles. The quantitative estimate of drug-likeness (QED) is 0.913. The van der Waals surface area contributed by atoms with Crippen LogP contribution in [0, 0.1) is 5.82 Å². The molecule has 0 spiro atoms. The molecule has 1 aromatic carbocycles. The smallest absolute Gasteiger partial charge is 0.234 e. The zero-order chi connectivity index (χ0) is 13.0. The standard InChI is InChI=1S/C13H16FNO2S/c1-9-12(6-7-17-9)18-8-13(16)15-11-5-3-2-4-10(11)14/h2-5,9,12H,6-8H2,1H3,(H,15,16)/t9-,12+/m1/s1. The van der Waals surface area contributed by atoms with Crippen LogP contribution >= 0.6 is 11.8 Å². The summed E-state index contributed by atoms with van der Waals surface area (Å²) in [7, 11) is 0. The van der Waals surface area contributed by atoms with Gasteiger partial charge in [0.25, 0.3) is 0 Å². The molecule has 0 radical (unpaired) electrons. The first-order chi connectivity index (χ1) is 8.66. The maximum absolute atomic E-state index is 13.3. The molecule has 1 N–H and O–H groups in total. The Bertz CT molecular complexity index is 427. The molecule has 1 fully saturated rings. The summed E-state index contributed by atoms with van der Waals surface area (Å²) in [4.78, 5) is 11.7. The summed E-state index contributed by atoms with van der Waals surface area (Å²) < 4.78 is 18.7. The van der Waals surface area contributed by atoms with Crippen LogP contribution < -0.4 is 5.32 Å². The van der Waals surface area contributed by atoms with Gasteiger partial charge in [0.05, 0.1) is 17.5 Å². The second-order valence-corrected chi connectivity index (χ2v) is 5.47. The van der Waals surface area contributed by atoms with Crippen LogP contribution in [0.2, 0.25) is 0 Å². The Hall–Kier alpha value is -1.07. The van der Waals surface area contributed by atoms with Crippen molar-refractivity contribution in [3.05, 3.63) is 30.1 Å². The number of thioether (sulfide) groups is 1. The van der Waals surface area contributed by atoms with E-state index in [1.54, 1.807) is 30.0 Å². The molecule has 2 rings (SSSR count). The van der Waals surface area contributed by atoms with Crippen LogP contribution in [0.3, 0.4) is 0 Å². The monoisotopic (exact) mass is 269 g/mol. The van der Waals surface area contributed by atoms with Gasteiger partial charge in [-0.1, -0.05) is 12.1 Å². The number of ether oxygens (including phenoxy) is 1. The summed E-state index contributed by atoms with van der Waals surface area (Å²) in [5, 5.41) is 2.93. The number of nitrogens with one attached hydrogen (secondary N) is 1. The number of anilines is 1. The molecule has 98 valence electrons. The van der Waals surface area contributed by atoms with Crippen molar-refractivity contribution >= 4 is 23.4 Å². The van der Waals surface area contributed by atoms with Crippen molar-refractivity contribution in [3.63, 3.8) is 0 Å². The van der Waals surface area contributed by atoms with Crippen LogP contribution in [-0.4, -0.2) is 29.6 Å². The van der Waals surface area contributed by atoms with E-state index in [2.05, 4.69) is 5.32 Å². The largest absolute Gasteiger partial charge is 0.377 e. The van der Waals surface area contributed by atoms with Crippen LogP contribution in [0.25, 0.3) is 0 Å². The second-order valence-electron chi connectivity index (χ2n) is 4.24. The van der Waals surface area contributed by atoms with Gasteiger partial charge in [0.1, 0.15) is 5.82 Å².